The van der Waals surface area contributed by atoms with Crippen molar-refractivity contribution >= 4 is 0 Å². The maximum Gasteiger partial charge on any atom is 2.00 e. The van der Waals surface area contributed by atoms with Crippen molar-refractivity contribution in [1.29, 1.82) is 0 Å². The van der Waals surface area contributed by atoms with Gasteiger partial charge in [0.25, 0.3) is 0 Å². The molecule has 3 aliphatic rings. The molecule has 0 spiro atoms. The summed E-state index contributed by atoms with van der Waals surface area (Å²) in [6, 6.07) is 0. The summed E-state index contributed by atoms with van der Waals surface area (Å²) in [6.45, 7) is 24.0. The van der Waals surface area contributed by atoms with Crippen molar-refractivity contribution in [1.82, 2.24) is 0 Å². The molecule has 39 heavy (non-hydrogen) atoms. The molecule has 5 N–H and O–H groups in total. The number of aliphatic hydroxyl groups is 5. The van der Waals surface area contributed by atoms with Crippen molar-refractivity contribution in [3.8, 4) is 0 Å². The van der Waals surface area contributed by atoms with Gasteiger partial charge in [-0.1, -0.05) is 69.2 Å². The summed E-state index contributed by atoms with van der Waals surface area (Å²) in [7, 11) is 3.00. The number of hydrogen-bond acceptors (Lipinski definition) is 5. The van der Waals surface area contributed by atoms with E-state index in [4.69, 9.17) is 25.5 Å². The molecular formula is C32H73O5Ti2-. The minimum atomic E-state index is -0.140. The van der Waals surface area contributed by atoms with E-state index in [0.29, 0.717) is 0 Å². The second-order valence-corrected chi connectivity index (χ2v) is 11.1. The van der Waals surface area contributed by atoms with Gasteiger partial charge in [0.1, 0.15) is 0 Å². The number of aliphatic hydroxyl groups excluding tert-OH is 5. The fraction of sp³-hybridized carbons (Fsp3) is 0.906. The Morgan fingerprint density at radius 1 is 0.333 bits per heavy atom. The van der Waals surface area contributed by atoms with Crippen LogP contribution in [-0.4, -0.2) is 59.1 Å². The molecule has 0 radical (unpaired) electrons. The Morgan fingerprint density at radius 3 is 0.487 bits per heavy atom. The van der Waals surface area contributed by atoms with E-state index in [-0.39, 0.29) is 77.9 Å². The van der Waals surface area contributed by atoms with E-state index in [0.717, 1.165) is 106 Å². The molecular weight excluding hydrogens is 560 g/mol. The Bertz CT molecular complexity index is 321. The van der Waals surface area contributed by atoms with Gasteiger partial charge in [0.2, 0.25) is 0 Å². The fourth-order valence-electron chi connectivity index (χ4n) is 5.85. The zero-order chi connectivity index (χ0) is 27.8. The molecule has 0 atom stereocenters. The van der Waals surface area contributed by atoms with Crippen molar-refractivity contribution in [3.05, 3.63) is 22.3 Å². The maximum absolute atomic E-state index is 8.92. The predicted octanol–water partition coefficient (Wildman–Crippen LogP) is 6.81. The first-order valence-corrected chi connectivity index (χ1v) is 13.6. The van der Waals surface area contributed by atoms with Crippen molar-refractivity contribution < 1.29 is 69.0 Å². The molecule has 0 aliphatic heterocycles. The first-order chi connectivity index (χ1) is 15.9. The molecule has 0 aromatic rings. The largest absolute Gasteiger partial charge is 2.00 e. The molecule has 0 unspecified atom stereocenters. The third-order valence-electron chi connectivity index (χ3n) is 9.96. The average molecular weight is 634 g/mol. The molecule has 3 rings (SSSR count). The van der Waals surface area contributed by atoms with Gasteiger partial charge in [-0.25, -0.2) is 0 Å². The van der Waals surface area contributed by atoms with Gasteiger partial charge in [-0.3, -0.25) is 0 Å². The summed E-state index contributed by atoms with van der Waals surface area (Å²) in [4.78, 5) is 0. The fourth-order valence-corrected chi connectivity index (χ4v) is 5.85. The van der Waals surface area contributed by atoms with Gasteiger partial charge in [0.15, 0.2) is 0 Å². The third-order valence-corrected chi connectivity index (χ3v) is 9.96. The zero-order valence-electron chi connectivity index (χ0n) is 29.0. The van der Waals surface area contributed by atoms with E-state index in [2.05, 4.69) is 69.2 Å². The second kappa shape index (κ2) is 33.7. The minimum absolute atomic E-state index is 0. The summed E-state index contributed by atoms with van der Waals surface area (Å²) in [5, 5.41) is 38.8. The van der Waals surface area contributed by atoms with E-state index in [9.17, 15) is 0 Å². The monoisotopic (exact) mass is 633 g/mol. The zero-order valence-corrected chi connectivity index (χ0v) is 32.1. The standard InChI is InChI=1S/2C10H20.C6H12O2.3CH4O.3CH3.2Ti/c2*1-6-7(2)9(4)10(5)8(6)3;7-5-1-2-6(8)4-3-5;3*1-2;;;;;/h2*6-10H,1-5H3;5-8H,1-4H2;3*2H,1H3;3*1H3;;/q;;;;;;3*-1;;+2. The van der Waals surface area contributed by atoms with Gasteiger partial charge in [-0.2, -0.15) is 0 Å². The van der Waals surface area contributed by atoms with Gasteiger partial charge < -0.3 is 47.8 Å². The summed E-state index contributed by atoms with van der Waals surface area (Å²) in [5.41, 5.74) is 0. The summed E-state index contributed by atoms with van der Waals surface area (Å²) in [6.07, 6.45) is 2.83. The molecule has 0 heterocycles. The minimum Gasteiger partial charge on any atom is -0.400 e. The Kier molecular flexibility index (Phi) is 51.5. The van der Waals surface area contributed by atoms with Crippen molar-refractivity contribution in [3.63, 3.8) is 0 Å². The number of rotatable bonds is 0. The van der Waals surface area contributed by atoms with Crippen LogP contribution in [0.2, 0.25) is 0 Å². The van der Waals surface area contributed by atoms with Crippen molar-refractivity contribution in [2.45, 2.75) is 107 Å². The first kappa shape index (κ1) is 59.6. The molecule has 3 saturated carbocycles. The molecule has 3 aliphatic carbocycles. The second-order valence-electron chi connectivity index (χ2n) is 11.1. The van der Waals surface area contributed by atoms with Crippen LogP contribution in [0.5, 0.6) is 0 Å². The van der Waals surface area contributed by atoms with Crippen LogP contribution in [0.15, 0.2) is 0 Å². The molecule has 7 heteroatoms. The molecule has 0 bridgehead atoms. The van der Waals surface area contributed by atoms with E-state index in [1.165, 1.54) is 0 Å². The molecule has 0 saturated heterocycles. The van der Waals surface area contributed by atoms with Crippen molar-refractivity contribution in [2.75, 3.05) is 21.3 Å². The maximum atomic E-state index is 8.92. The Balaban J connectivity index is -0.0000000532. The van der Waals surface area contributed by atoms with Gasteiger partial charge in [-0.15, -0.1) is 0 Å². The van der Waals surface area contributed by atoms with Gasteiger partial charge in [0, 0.05) is 43.0 Å². The average Bonchev–Trinajstić information content (AvgIpc) is 3.15. The smallest absolute Gasteiger partial charge is 0.400 e. The van der Waals surface area contributed by atoms with Crippen LogP contribution in [0.25, 0.3) is 0 Å². The predicted molar refractivity (Wildman–Crippen MR) is 166 cm³/mol. The summed E-state index contributed by atoms with van der Waals surface area (Å²) in [5.74, 6) is 9.35. The first-order valence-electron chi connectivity index (χ1n) is 13.6. The molecule has 5 nitrogen and oxygen atoms in total. The van der Waals surface area contributed by atoms with Crippen LogP contribution in [0.1, 0.15) is 94.9 Å². The van der Waals surface area contributed by atoms with Crippen LogP contribution < -0.4 is 0 Å². The summed E-state index contributed by atoms with van der Waals surface area (Å²) < 4.78 is 0. The molecule has 3 fully saturated rings. The number of hydrogen-bond donors (Lipinski definition) is 5. The van der Waals surface area contributed by atoms with E-state index in [1.54, 1.807) is 0 Å². The molecule has 240 valence electrons. The van der Waals surface area contributed by atoms with Crippen LogP contribution in [0.4, 0.5) is 0 Å². The normalized spacial score (nSPS) is 37.1. The molecule has 0 amide bonds. The third kappa shape index (κ3) is 20.7. The molecule has 0 aromatic carbocycles. The topological polar surface area (TPSA) is 101 Å². The Morgan fingerprint density at radius 2 is 0.410 bits per heavy atom. The SMILES string of the molecule is CC1C(C)C(C)C(C)C1C.CC1C(C)C(C)C(C)C1C.CO.CO.CO.OC1CCC(O)CC1.[CH3-].[CH3-].[CH3-].[Ti+2].[Ti]. The Labute approximate surface area is 277 Å². The van der Waals surface area contributed by atoms with Crippen LogP contribution in [0, 0.1) is 81.5 Å². The van der Waals surface area contributed by atoms with Crippen LogP contribution >= 0.6 is 0 Å². The van der Waals surface area contributed by atoms with Gasteiger partial charge in [0.05, 0.1) is 12.2 Å². The van der Waals surface area contributed by atoms with E-state index < -0.39 is 0 Å². The molecule has 0 aromatic heterocycles. The van der Waals surface area contributed by atoms with Crippen molar-refractivity contribution in [2.24, 2.45) is 59.2 Å². The van der Waals surface area contributed by atoms with Crippen LogP contribution in [-0.2, 0) is 43.4 Å². The van der Waals surface area contributed by atoms with E-state index >= 15 is 0 Å². The quantitative estimate of drug-likeness (QED) is 0.149. The Hall–Kier alpha value is 1.23. The van der Waals surface area contributed by atoms with Gasteiger partial charge in [-0.05, 0) is 84.9 Å². The van der Waals surface area contributed by atoms with E-state index in [1.807, 2.05) is 0 Å². The summed E-state index contributed by atoms with van der Waals surface area (Å²) >= 11 is 0. The van der Waals surface area contributed by atoms with Crippen LogP contribution in [0.3, 0.4) is 0 Å². The van der Waals surface area contributed by atoms with Gasteiger partial charge >= 0.3 is 21.7 Å².